The molecule has 2 aliphatic heterocycles. The van der Waals surface area contributed by atoms with Gasteiger partial charge in [0.25, 0.3) is 6.71 Å². The summed E-state index contributed by atoms with van der Waals surface area (Å²) in [6.07, 6.45) is 8.37. The minimum absolute atomic E-state index is 0.0209. The number of anilines is 6. The number of benzene rings is 6. The Balaban J connectivity index is 1.20. The molecule has 1 fully saturated rings. The molecule has 2 unspecified atom stereocenters. The van der Waals surface area contributed by atoms with Crippen LogP contribution in [0.5, 0.6) is 0 Å². The Morgan fingerprint density at radius 3 is 1.64 bits per heavy atom. The Kier molecular flexibility index (Phi) is 9.50. The van der Waals surface area contributed by atoms with Gasteiger partial charge in [0.05, 0.1) is 17.0 Å². The molecule has 0 spiro atoms. The van der Waals surface area contributed by atoms with E-state index in [4.69, 9.17) is 4.42 Å². The van der Waals surface area contributed by atoms with Crippen LogP contribution in [-0.2, 0) is 43.3 Å². The molecule has 6 aliphatic rings. The van der Waals surface area contributed by atoms with Gasteiger partial charge in [-0.2, -0.15) is 0 Å². The van der Waals surface area contributed by atoms with Gasteiger partial charge in [0.1, 0.15) is 5.58 Å². The summed E-state index contributed by atoms with van der Waals surface area (Å²) < 4.78 is 7.82. The lowest BCUT2D eigenvalue weighted by atomic mass is 9.35. The zero-order valence-electron chi connectivity index (χ0n) is 47.1. The molecule has 0 N–H and O–H groups in total. The lowest BCUT2D eigenvalue weighted by Crippen LogP contribution is -2.61. The smallest absolute Gasteiger partial charge is 0.297 e. The first-order valence-corrected chi connectivity index (χ1v) is 28.0. The average Bonchev–Trinajstić information content (AvgIpc) is 3.97. The fourth-order valence-corrected chi connectivity index (χ4v) is 15.4. The number of rotatable bonds is 3. The van der Waals surface area contributed by atoms with Crippen molar-refractivity contribution >= 4 is 68.4 Å². The zero-order valence-corrected chi connectivity index (χ0v) is 47.1. The highest BCUT2D eigenvalue weighted by Gasteiger charge is 2.55. The van der Waals surface area contributed by atoms with E-state index in [2.05, 4.69) is 224 Å². The summed E-state index contributed by atoms with van der Waals surface area (Å²) in [6, 6.07) is 41.7. The van der Waals surface area contributed by atoms with Gasteiger partial charge in [-0.15, -0.1) is 0 Å². The Labute approximate surface area is 438 Å². The fraction of sp³-hybridized carbons (Fsp3) is 0.449. The van der Waals surface area contributed by atoms with E-state index < -0.39 is 0 Å². The molecule has 7 aromatic rings. The molecular formula is C69H79BN2O. The molecule has 374 valence electrons. The molecule has 6 aromatic carbocycles. The topological polar surface area (TPSA) is 19.6 Å². The molecule has 0 amide bonds. The van der Waals surface area contributed by atoms with Crippen LogP contribution in [-0.4, -0.2) is 6.71 Å². The van der Waals surface area contributed by atoms with Gasteiger partial charge in [-0.05, 0) is 204 Å². The Bertz CT molecular complexity index is 3510. The number of furan rings is 1. The largest absolute Gasteiger partial charge is 0.468 e. The van der Waals surface area contributed by atoms with Gasteiger partial charge in [0, 0.05) is 33.7 Å². The third kappa shape index (κ3) is 6.69. The van der Waals surface area contributed by atoms with Gasteiger partial charge in [0.2, 0.25) is 0 Å². The second kappa shape index (κ2) is 14.7. The van der Waals surface area contributed by atoms with E-state index in [1.165, 1.54) is 138 Å². The van der Waals surface area contributed by atoms with E-state index in [0.717, 1.165) is 24.1 Å². The van der Waals surface area contributed by atoms with E-state index in [0.29, 0.717) is 0 Å². The molecule has 2 bridgehead atoms. The van der Waals surface area contributed by atoms with Gasteiger partial charge in [0.15, 0.2) is 0 Å². The maximum absolute atomic E-state index is 7.82. The van der Waals surface area contributed by atoms with E-state index in [9.17, 15) is 0 Å². The second-order valence-corrected chi connectivity index (χ2v) is 29.4. The maximum Gasteiger partial charge on any atom is 0.297 e. The Morgan fingerprint density at radius 2 is 1.03 bits per heavy atom. The van der Waals surface area contributed by atoms with Crippen molar-refractivity contribution in [3.8, 4) is 11.1 Å². The summed E-state index contributed by atoms with van der Waals surface area (Å²) in [7, 11) is 0. The first-order chi connectivity index (χ1) is 34.1. The van der Waals surface area contributed by atoms with Gasteiger partial charge >= 0.3 is 0 Å². The lowest BCUT2D eigenvalue weighted by molar-refractivity contribution is 0.332. The molecule has 1 saturated carbocycles. The molecule has 3 nitrogen and oxygen atoms in total. The van der Waals surface area contributed by atoms with Gasteiger partial charge in [-0.25, -0.2) is 0 Å². The summed E-state index contributed by atoms with van der Waals surface area (Å²) in [5, 5.41) is 1.24. The van der Waals surface area contributed by atoms with Crippen molar-refractivity contribution in [2.45, 2.75) is 199 Å². The average molecular weight is 963 g/mol. The van der Waals surface area contributed by atoms with E-state index in [1.54, 1.807) is 0 Å². The molecule has 0 radical (unpaired) electrons. The van der Waals surface area contributed by atoms with E-state index >= 15 is 0 Å². The first kappa shape index (κ1) is 47.3. The Morgan fingerprint density at radius 1 is 0.466 bits per heavy atom. The number of fused-ring (bicyclic) bond motifs is 13. The molecule has 0 saturated heterocycles. The molecule has 4 aliphatic carbocycles. The normalized spacial score (nSPS) is 23.4. The van der Waals surface area contributed by atoms with Crippen LogP contribution < -0.4 is 26.4 Å². The van der Waals surface area contributed by atoms with Gasteiger partial charge < -0.3 is 14.2 Å². The minimum Gasteiger partial charge on any atom is -0.468 e. The molecule has 73 heavy (non-hydrogen) atoms. The predicted molar refractivity (Wildman–Crippen MR) is 312 cm³/mol. The summed E-state index contributed by atoms with van der Waals surface area (Å²) in [5.74, 6) is 0. The van der Waals surface area contributed by atoms with Crippen LogP contribution in [0.25, 0.3) is 22.1 Å². The highest BCUT2D eigenvalue weighted by Crippen LogP contribution is 2.62. The lowest BCUT2D eigenvalue weighted by Gasteiger charge is -2.47. The van der Waals surface area contributed by atoms with Crippen LogP contribution >= 0.6 is 0 Å². The molecule has 1 aromatic heterocycles. The maximum atomic E-state index is 7.82. The highest BCUT2D eigenvalue weighted by atomic mass is 16.3. The predicted octanol–water partition coefficient (Wildman–Crippen LogP) is 17.2. The monoisotopic (exact) mass is 963 g/mol. The van der Waals surface area contributed by atoms with Crippen molar-refractivity contribution in [3.63, 3.8) is 0 Å². The van der Waals surface area contributed by atoms with Crippen LogP contribution in [0.2, 0.25) is 0 Å². The van der Waals surface area contributed by atoms with Crippen molar-refractivity contribution in [2.75, 3.05) is 9.80 Å². The van der Waals surface area contributed by atoms with Crippen LogP contribution in [0.4, 0.5) is 34.1 Å². The van der Waals surface area contributed by atoms with Crippen molar-refractivity contribution in [1.82, 2.24) is 0 Å². The summed E-state index contributed by atoms with van der Waals surface area (Å²) in [6.45, 7) is 39.0. The van der Waals surface area contributed by atoms with Crippen molar-refractivity contribution < 1.29 is 4.42 Å². The zero-order chi connectivity index (χ0) is 51.5. The van der Waals surface area contributed by atoms with E-state index in [1.807, 2.05) is 0 Å². The van der Waals surface area contributed by atoms with Crippen molar-refractivity contribution in [1.29, 1.82) is 0 Å². The van der Waals surface area contributed by atoms with Gasteiger partial charge in [-0.3, -0.25) is 0 Å². The highest BCUT2D eigenvalue weighted by molar-refractivity contribution is 7.00. The third-order valence-electron chi connectivity index (χ3n) is 20.2. The van der Waals surface area contributed by atoms with Crippen LogP contribution in [0.3, 0.4) is 0 Å². The number of hydrogen-bond donors (Lipinski definition) is 0. The van der Waals surface area contributed by atoms with Crippen molar-refractivity contribution in [2.24, 2.45) is 0 Å². The van der Waals surface area contributed by atoms with Gasteiger partial charge in [-0.1, -0.05) is 159 Å². The molecule has 3 heterocycles. The molecular weight excluding hydrogens is 884 g/mol. The fourth-order valence-electron chi connectivity index (χ4n) is 15.4. The number of hydrogen-bond acceptors (Lipinski definition) is 3. The standard InChI is InChI=1S/C69H79BN2O/c1-62(2,3)42-22-25-54(45(32-42)41-20-18-17-19-21-41)72-57-34-43(63(4,5)6)33-56-59(57)70(61-60(72)46-36-51-52(39-58(46)73-61)69(16)31-30-68(51,15)40-69)53-37-49-50(67(13,14)29-28-66(49,11)12)38-55(53)71(56)44-23-24-47-48(35-44)65(9,10)27-26-64(47,7)8/h17-25,32-39H,26-31,40H2,1-16H3. The quantitative estimate of drug-likeness (QED) is 0.165. The SMILES string of the molecule is CC(C)(C)c1ccc(N2c3cc(C(C)(C)C)cc4c3B(c3cc5c(cc3N4c3ccc4c(c3)C(C)(C)CCC4(C)C)C(C)(C)CCC5(C)C)c3oc4cc5c(cc4c32)C2(C)CCC5(C)C2)c(-c2ccccc2)c1. The first-order valence-electron chi connectivity index (χ1n) is 28.0. The third-order valence-corrected chi connectivity index (χ3v) is 20.2. The van der Waals surface area contributed by atoms with Crippen LogP contribution in [0.1, 0.15) is 200 Å². The molecule has 2 atom stereocenters. The van der Waals surface area contributed by atoms with Crippen molar-refractivity contribution in [3.05, 3.63) is 148 Å². The summed E-state index contributed by atoms with van der Waals surface area (Å²) in [5.41, 5.74) is 26.7. The van der Waals surface area contributed by atoms with Crippen LogP contribution in [0.15, 0.2) is 108 Å². The second-order valence-electron chi connectivity index (χ2n) is 29.4. The minimum atomic E-state index is -0.149. The number of nitrogens with zero attached hydrogens (tertiary/aromatic N) is 2. The molecule has 13 rings (SSSR count). The van der Waals surface area contributed by atoms with Crippen LogP contribution in [0, 0.1) is 0 Å². The summed E-state index contributed by atoms with van der Waals surface area (Å²) in [4.78, 5) is 5.41. The Hall–Kier alpha value is -5.48. The summed E-state index contributed by atoms with van der Waals surface area (Å²) >= 11 is 0. The molecule has 4 heteroatoms. The van der Waals surface area contributed by atoms with E-state index in [-0.39, 0.29) is 50.0 Å².